The number of Topliss-reactive ketones (excluding diaryl/α,β-unsaturated/α-hetero) is 1. The van der Waals surface area contributed by atoms with E-state index in [-0.39, 0.29) is 30.1 Å². The summed E-state index contributed by atoms with van der Waals surface area (Å²) < 4.78 is 0. The second-order valence-corrected chi connectivity index (χ2v) is 7.63. The largest absolute Gasteiger partial charge is 0.481 e. The van der Waals surface area contributed by atoms with E-state index in [9.17, 15) is 14.4 Å². The van der Waals surface area contributed by atoms with E-state index in [2.05, 4.69) is 19.2 Å². The van der Waals surface area contributed by atoms with Crippen LogP contribution in [0, 0.1) is 5.92 Å². The molecule has 0 bridgehead atoms. The molecule has 8 heteroatoms. The zero-order chi connectivity index (χ0) is 20.3. The van der Waals surface area contributed by atoms with Gasteiger partial charge in [-0.1, -0.05) is 13.3 Å². The number of rotatable bonds is 15. The van der Waals surface area contributed by atoms with Crippen LogP contribution in [-0.2, 0) is 14.4 Å². The Bertz CT molecular complexity index is 468. The summed E-state index contributed by atoms with van der Waals surface area (Å²) in [6.45, 7) is 6.68. The van der Waals surface area contributed by atoms with Gasteiger partial charge in [-0.15, -0.1) is 0 Å². The minimum Gasteiger partial charge on any atom is -0.481 e. The Morgan fingerprint density at radius 3 is 2.15 bits per heavy atom. The molecule has 26 heavy (non-hydrogen) atoms. The second-order valence-electron chi connectivity index (χ2n) is 7.63. The van der Waals surface area contributed by atoms with Crippen LogP contribution in [0.2, 0.25) is 0 Å². The van der Waals surface area contributed by atoms with Crippen LogP contribution < -0.4 is 16.8 Å². The number of carbonyl (C=O) groups is 3. The summed E-state index contributed by atoms with van der Waals surface area (Å²) in [4.78, 5) is 33.4. The molecule has 0 radical (unpaired) electrons. The van der Waals surface area contributed by atoms with Crippen LogP contribution in [-0.4, -0.2) is 52.1 Å². The molecule has 7 N–H and O–H groups in total. The molecule has 0 amide bonds. The number of aliphatic carboxylic acids is 2. The molecule has 2 unspecified atom stereocenters. The van der Waals surface area contributed by atoms with Crippen LogP contribution in [0.25, 0.3) is 0 Å². The average Bonchev–Trinajstić information content (AvgIpc) is 2.56. The molecule has 0 spiro atoms. The van der Waals surface area contributed by atoms with E-state index >= 15 is 0 Å². The summed E-state index contributed by atoms with van der Waals surface area (Å²) in [5.41, 5.74) is 11.1. The quantitative estimate of drug-likeness (QED) is 0.267. The van der Waals surface area contributed by atoms with Crippen molar-refractivity contribution in [1.82, 2.24) is 5.32 Å². The molecule has 0 heterocycles. The fraction of sp³-hybridized carbons (Fsp3) is 0.833. The van der Waals surface area contributed by atoms with Crippen molar-refractivity contribution < 1.29 is 24.6 Å². The summed E-state index contributed by atoms with van der Waals surface area (Å²) in [5, 5.41) is 20.8. The summed E-state index contributed by atoms with van der Waals surface area (Å²) in [6.07, 6.45) is 3.54. The predicted octanol–water partition coefficient (Wildman–Crippen LogP) is 1.11. The highest BCUT2D eigenvalue weighted by molar-refractivity contribution is 5.86. The Labute approximate surface area is 155 Å². The van der Waals surface area contributed by atoms with E-state index in [0.29, 0.717) is 12.8 Å². The van der Waals surface area contributed by atoms with Crippen LogP contribution in [0.1, 0.15) is 65.7 Å². The Morgan fingerprint density at radius 1 is 1.00 bits per heavy atom. The average molecular weight is 373 g/mol. The van der Waals surface area contributed by atoms with Gasteiger partial charge >= 0.3 is 11.9 Å². The van der Waals surface area contributed by atoms with Gasteiger partial charge in [-0.3, -0.25) is 14.4 Å². The van der Waals surface area contributed by atoms with Crippen LogP contribution >= 0.6 is 0 Å². The number of hydrogen-bond donors (Lipinski definition) is 5. The Balaban J connectivity index is 4.08. The maximum atomic E-state index is 12.2. The van der Waals surface area contributed by atoms with Gasteiger partial charge in [-0.25, -0.2) is 0 Å². The van der Waals surface area contributed by atoms with Gasteiger partial charge in [0, 0.05) is 17.9 Å². The molecule has 0 saturated heterocycles. The molecular formula is C18H35N3O5. The van der Waals surface area contributed by atoms with E-state index in [1.54, 1.807) is 0 Å². The monoisotopic (exact) mass is 373 g/mol. The zero-order valence-electron chi connectivity index (χ0n) is 16.2. The van der Waals surface area contributed by atoms with Crippen molar-refractivity contribution in [3.63, 3.8) is 0 Å². The zero-order valence-corrected chi connectivity index (χ0v) is 16.2. The van der Waals surface area contributed by atoms with Gasteiger partial charge in [-0.05, 0) is 52.5 Å². The number of carboxylic acid groups (broad SMARTS) is 2. The lowest BCUT2D eigenvalue weighted by Gasteiger charge is -2.28. The lowest BCUT2D eigenvalue weighted by Crippen LogP contribution is -2.41. The van der Waals surface area contributed by atoms with Crippen LogP contribution in [0.4, 0.5) is 0 Å². The van der Waals surface area contributed by atoms with Gasteiger partial charge in [0.25, 0.3) is 0 Å². The Morgan fingerprint density at radius 2 is 1.62 bits per heavy atom. The SMILES string of the molecule is CC(CCC(C)(C)NCCCC[C@H](N)C(=O)O)C(=O)C(N)CCC(=O)O. The standard InChI is InChI=1S/C18H35N3O5/c1-12(16(24)13(19)7-8-15(22)23)9-10-18(2,3)21-11-5-4-6-14(20)17(25)26/h12-14,21H,4-11,19-20H2,1-3H3,(H,22,23)(H,25,26)/t12?,13?,14-/m0/s1. The normalized spacial score (nSPS) is 15.3. The van der Waals surface area contributed by atoms with Crippen molar-refractivity contribution in [3.8, 4) is 0 Å². The summed E-state index contributed by atoms with van der Waals surface area (Å²) in [6, 6.07) is -1.53. The van der Waals surface area contributed by atoms with Crippen molar-refractivity contribution >= 4 is 17.7 Å². The van der Waals surface area contributed by atoms with Gasteiger partial charge in [0.1, 0.15) is 6.04 Å². The number of nitrogens with two attached hydrogens (primary N) is 2. The van der Waals surface area contributed by atoms with Crippen molar-refractivity contribution in [3.05, 3.63) is 0 Å². The van der Waals surface area contributed by atoms with Gasteiger partial charge in [0.15, 0.2) is 5.78 Å². The maximum absolute atomic E-state index is 12.2. The van der Waals surface area contributed by atoms with E-state index in [4.69, 9.17) is 21.7 Å². The molecule has 3 atom stereocenters. The van der Waals surface area contributed by atoms with E-state index in [1.807, 2.05) is 6.92 Å². The molecule has 0 aliphatic carbocycles. The molecule has 0 aliphatic heterocycles. The first kappa shape index (κ1) is 24.5. The minimum atomic E-state index is -0.974. The molecule has 0 aromatic rings. The van der Waals surface area contributed by atoms with E-state index < -0.39 is 24.0 Å². The number of nitrogens with one attached hydrogen (secondary N) is 1. The van der Waals surface area contributed by atoms with Crippen LogP contribution in [0.5, 0.6) is 0 Å². The third-order valence-electron chi connectivity index (χ3n) is 4.59. The molecule has 8 nitrogen and oxygen atoms in total. The molecule has 0 aromatic heterocycles. The molecule has 0 saturated carbocycles. The Hall–Kier alpha value is -1.51. The topological polar surface area (TPSA) is 156 Å². The van der Waals surface area contributed by atoms with Gasteiger partial charge < -0.3 is 27.0 Å². The first-order valence-corrected chi connectivity index (χ1v) is 9.21. The molecular weight excluding hydrogens is 338 g/mol. The van der Waals surface area contributed by atoms with Crippen molar-refractivity contribution in [2.24, 2.45) is 17.4 Å². The number of carbonyl (C=O) groups excluding carboxylic acids is 1. The van der Waals surface area contributed by atoms with Crippen molar-refractivity contribution in [2.45, 2.75) is 83.3 Å². The van der Waals surface area contributed by atoms with E-state index in [1.165, 1.54) is 0 Å². The van der Waals surface area contributed by atoms with Crippen molar-refractivity contribution in [2.75, 3.05) is 6.54 Å². The second kappa shape index (κ2) is 12.0. The van der Waals surface area contributed by atoms with Gasteiger partial charge in [0.05, 0.1) is 6.04 Å². The lowest BCUT2D eigenvalue weighted by atomic mass is 9.88. The molecule has 0 aromatic carbocycles. The number of carboxylic acids is 2. The molecule has 0 fully saturated rings. The fourth-order valence-electron chi connectivity index (χ4n) is 2.63. The van der Waals surface area contributed by atoms with Crippen LogP contribution in [0.3, 0.4) is 0 Å². The van der Waals surface area contributed by atoms with Crippen molar-refractivity contribution in [1.29, 1.82) is 0 Å². The lowest BCUT2D eigenvalue weighted by molar-refractivity contribution is -0.139. The highest BCUT2D eigenvalue weighted by Crippen LogP contribution is 2.18. The Kier molecular flexibility index (Phi) is 11.3. The van der Waals surface area contributed by atoms with Gasteiger partial charge in [0.2, 0.25) is 0 Å². The summed E-state index contributed by atoms with van der Waals surface area (Å²) >= 11 is 0. The minimum absolute atomic E-state index is 0.0929. The first-order valence-electron chi connectivity index (χ1n) is 9.21. The molecule has 0 rings (SSSR count). The first-order chi connectivity index (χ1) is 12.0. The summed E-state index contributed by atoms with van der Waals surface area (Å²) in [7, 11) is 0. The third kappa shape index (κ3) is 11.2. The van der Waals surface area contributed by atoms with Crippen LogP contribution in [0.15, 0.2) is 0 Å². The smallest absolute Gasteiger partial charge is 0.320 e. The van der Waals surface area contributed by atoms with E-state index in [0.717, 1.165) is 25.8 Å². The van der Waals surface area contributed by atoms with Gasteiger partial charge in [-0.2, -0.15) is 0 Å². The highest BCUT2D eigenvalue weighted by Gasteiger charge is 2.24. The number of hydrogen-bond acceptors (Lipinski definition) is 6. The molecule has 152 valence electrons. The fourth-order valence-corrected chi connectivity index (χ4v) is 2.63. The molecule has 0 aliphatic rings. The maximum Gasteiger partial charge on any atom is 0.320 e. The third-order valence-corrected chi connectivity index (χ3v) is 4.59. The number of unbranched alkanes of at least 4 members (excludes halogenated alkanes) is 1. The summed E-state index contributed by atoms with van der Waals surface area (Å²) in [5.74, 6) is -2.23. The highest BCUT2D eigenvalue weighted by atomic mass is 16.4. The number of ketones is 1. The predicted molar refractivity (Wildman–Crippen MR) is 99.8 cm³/mol.